The summed E-state index contributed by atoms with van der Waals surface area (Å²) in [6.07, 6.45) is 1.82. The van der Waals surface area contributed by atoms with Crippen molar-refractivity contribution < 1.29 is 19.0 Å². The highest BCUT2D eigenvalue weighted by molar-refractivity contribution is 8.26. The van der Waals surface area contributed by atoms with E-state index in [4.69, 9.17) is 26.4 Å². The standard InChI is InChI=1S/C23H25NO4S2/c1-5-24-22(25)21(30-23(24)29)14-17-8-9-18(20(13-17)26-4)27-10-11-28-19-12-15(2)6-7-16(19)3/h6-9,12-14H,5,10-11H2,1-4H3/b21-14-. The van der Waals surface area contributed by atoms with E-state index in [1.165, 1.54) is 11.8 Å². The molecule has 5 nitrogen and oxygen atoms in total. The Labute approximate surface area is 187 Å². The number of ether oxygens (including phenoxy) is 3. The number of amides is 1. The smallest absolute Gasteiger partial charge is 0.266 e. The molecule has 0 aromatic heterocycles. The summed E-state index contributed by atoms with van der Waals surface area (Å²) in [5, 5.41) is 0. The zero-order valence-corrected chi connectivity index (χ0v) is 19.2. The molecule has 1 aliphatic heterocycles. The van der Waals surface area contributed by atoms with Crippen LogP contribution in [0.3, 0.4) is 0 Å². The lowest BCUT2D eigenvalue weighted by Crippen LogP contribution is -2.27. The van der Waals surface area contributed by atoms with Gasteiger partial charge in [0.05, 0.1) is 12.0 Å². The van der Waals surface area contributed by atoms with Gasteiger partial charge < -0.3 is 14.2 Å². The minimum Gasteiger partial charge on any atom is -0.493 e. The molecular weight excluding hydrogens is 418 g/mol. The fourth-order valence-corrected chi connectivity index (χ4v) is 4.37. The number of hydrogen-bond acceptors (Lipinski definition) is 6. The lowest BCUT2D eigenvalue weighted by molar-refractivity contribution is -0.121. The van der Waals surface area contributed by atoms with Gasteiger partial charge in [-0.05, 0) is 61.7 Å². The molecule has 7 heteroatoms. The van der Waals surface area contributed by atoms with E-state index in [2.05, 4.69) is 6.07 Å². The topological polar surface area (TPSA) is 48.0 Å². The molecule has 30 heavy (non-hydrogen) atoms. The highest BCUT2D eigenvalue weighted by Gasteiger charge is 2.30. The molecular formula is C23H25NO4S2. The second-order valence-electron chi connectivity index (χ2n) is 6.80. The summed E-state index contributed by atoms with van der Waals surface area (Å²) in [6.45, 7) is 7.35. The van der Waals surface area contributed by atoms with Gasteiger partial charge in [0.15, 0.2) is 11.5 Å². The van der Waals surface area contributed by atoms with Crippen molar-refractivity contribution in [1.29, 1.82) is 0 Å². The normalized spacial score (nSPS) is 15.1. The van der Waals surface area contributed by atoms with E-state index in [-0.39, 0.29) is 5.91 Å². The summed E-state index contributed by atoms with van der Waals surface area (Å²) < 4.78 is 17.7. The summed E-state index contributed by atoms with van der Waals surface area (Å²) in [6, 6.07) is 11.7. The molecule has 0 atom stereocenters. The lowest BCUT2D eigenvalue weighted by Gasteiger charge is -2.13. The predicted octanol–water partition coefficient (Wildman–Crippen LogP) is 4.99. The van der Waals surface area contributed by atoms with Gasteiger partial charge in [0.2, 0.25) is 0 Å². The fourth-order valence-electron chi connectivity index (χ4n) is 2.98. The van der Waals surface area contributed by atoms with Crippen molar-refractivity contribution in [1.82, 2.24) is 4.90 Å². The average Bonchev–Trinajstić information content (AvgIpc) is 3.00. The molecule has 0 bridgehead atoms. The van der Waals surface area contributed by atoms with Crippen molar-refractivity contribution in [3.63, 3.8) is 0 Å². The first-order valence-corrected chi connectivity index (χ1v) is 10.9. The van der Waals surface area contributed by atoms with Crippen molar-refractivity contribution in [2.75, 3.05) is 26.9 Å². The largest absolute Gasteiger partial charge is 0.493 e. The third-order valence-electron chi connectivity index (χ3n) is 4.62. The number of carbonyl (C=O) groups is 1. The van der Waals surface area contributed by atoms with Crippen LogP contribution in [0.4, 0.5) is 0 Å². The zero-order chi connectivity index (χ0) is 21.7. The predicted molar refractivity (Wildman–Crippen MR) is 125 cm³/mol. The third-order valence-corrected chi connectivity index (χ3v) is 6.00. The van der Waals surface area contributed by atoms with E-state index in [9.17, 15) is 4.79 Å². The summed E-state index contributed by atoms with van der Waals surface area (Å²) in [5.74, 6) is 2.03. The van der Waals surface area contributed by atoms with Crippen LogP contribution < -0.4 is 14.2 Å². The van der Waals surface area contributed by atoms with E-state index in [1.54, 1.807) is 12.0 Å². The molecule has 0 aliphatic carbocycles. The molecule has 2 aromatic carbocycles. The number of thiocarbonyl (C=S) groups is 1. The molecule has 0 radical (unpaired) electrons. The van der Waals surface area contributed by atoms with Crippen LogP contribution in [0.25, 0.3) is 6.08 Å². The van der Waals surface area contributed by atoms with Crippen molar-refractivity contribution in [3.8, 4) is 17.2 Å². The maximum Gasteiger partial charge on any atom is 0.266 e. The highest BCUT2D eigenvalue weighted by Crippen LogP contribution is 2.34. The second-order valence-corrected chi connectivity index (χ2v) is 8.48. The van der Waals surface area contributed by atoms with Gasteiger partial charge in [0, 0.05) is 6.54 Å². The Kier molecular flexibility index (Phi) is 7.39. The lowest BCUT2D eigenvalue weighted by atomic mass is 10.1. The molecule has 1 amide bonds. The van der Waals surface area contributed by atoms with Gasteiger partial charge in [-0.25, -0.2) is 0 Å². The molecule has 0 saturated carbocycles. The summed E-state index contributed by atoms with van der Waals surface area (Å²) in [5.41, 5.74) is 3.10. The highest BCUT2D eigenvalue weighted by atomic mass is 32.2. The summed E-state index contributed by atoms with van der Waals surface area (Å²) in [7, 11) is 1.59. The van der Waals surface area contributed by atoms with E-state index >= 15 is 0 Å². The molecule has 0 unspecified atom stereocenters. The minimum absolute atomic E-state index is 0.0598. The van der Waals surface area contributed by atoms with Gasteiger partial charge in [0.1, 0.15) is 23.3 Å². The zero-order valence-electron chi connectivity index (χ0n) is 17.6. The van der Waals surface area contributed by atoms with Crippen LogP contribution in [0.5, 0.6) is 17.2 Å². The van der Waals surface area contributed by atoms with Crippen molar-refractivity contribution in [2.45, 2.75) is 20.8 Å². The number of aryl methyl sites for hydroxylation is 2. The van der Waals surface area contributed by atoms with E-state index in [1.807, 2.05) is 57.2 Å². The van der Waals surface area contributed by atoms with Gasteiger partial charge in [0.25, 0.3) is 5.91 Å². The number of hydrogen-bond donors (Lipinski definition) is 0. The number of thioether (sulfide) groups is 1. The molecule has 1 fully saturated rings. The van der Waals surface area contributed by atoms with E-state index in [0.717, 1.165) is 22.4 Å². The van der Waals surface area contributed by atoms with Gasteiger partial charge in [-0.15, -0.1) is 0 Å². The average molecular weight is 444 g/mol. The Balaban J connectivity index is 1.63. The van der Waals surface area contributed by atoms with Crippen molar-refractivity contribution >= 4 is 40.3 Å². The van der Waals surface area contributed by atoms with E-state index < -0.39 is 0 Å². The van der Waals surface area contributed by atoms with Crippen molar-refractivity contribution in [3.05, 3.63) is 58.0 Å². The molecule has 0 spiro atoms. The Morgan fingerprint density at radius 1 is 1.03 bits per heavy atom. The minimum atomic E-state index is -0.0598. The van der Waals surface area contributed by atoms with Crippen LogP contribution in [0.1, 0.15) is 23.6 Å². The first-order valence-electron chi connectivity index (χ1n) is 9.69. The van der Waals surface area contributed by atoms with Crippen LogP contribution in [-0.2, 0) is 4.79 Å². The van der Waals surface area contributed by atoms with Gasteiger partial charge in [-0.2, -0.15) is 0 Å². The Morgan fingerprint density at radius 2 is 1.77 bits per heavy atom. The van der Waals surface area contributed by atoms with Crippen LogP contribution in [0, 0.1) is 13.8 Å². The number of methoxy groups -OCH3 is 1. The number of likely N-dealkylation sites (N-methyl/N-ethyl adjacent to an activating group) is 1. The monoisotopic (exact) mass is 443 g/mol. The van der Waals surface area contributed by atoms with Gasteiger partial charge >= 0.3 is 0 Å². The Bertz CT molecular complexity index is 987. The van der Waals surface area contributed by atoms with Crippen molar-refractivity contribution in [2.24, 2.45) is 0 Å². The Hall–Kier alpha value is -2.51. The maximum absolute atomic E-state index is 12.4. The molecule has 158 valence electrons. The Morgan fingerprint density at radius 3 is 2.43 bits per heavy atom. The molecule has 1 heterocycles. The van der Waals surface area contributed by atoms with Crippen LogP contribution in [-0.4, -0.2) is 42.0 Å². The third kappa shape index (κ3) is 5.15. The first kappa shape index (κ1) is 22.2. The maximum atomic E-state index is 12.4. The quantitative estimate of drug-likeness (QED) is 0.325. The number of nitrogens with zero attached hydrogens (tertiary/aromatic N) is 1. The number of benzene rings is 2. The number of carbonyl (C=O) groups excluding carboxylic acids is 1. The summed E-state index contributed by atoms with van der Waals surface area (Å²) in [4.78, 5) is 14.6. The van der Waals surface area contributed by atoms with Gasteiger partial charge in [-0.1, -0.05) is 42.2 Å². The summed E-state index contributed by atoms with van der Waals surface area (Å²) >= 11 is 6.58. The SMILES string of the molecule is CCN1C(=O)/C(=C/c2ccc(OCCOc3cc(C)ccc3C)c(OC)c2)SC1=S. The molecule has 2 aromatic rings. The molecule has 1 aliphatic rings. The molecule has 1 saturated heterocycles. The molecule has 0 N–H and O–H groups in total. The van der Waals surface area contributed by atoms with E-state index in [0.29, 0.717) is 40.5 Å². The fraction of sp³-hybridized carbons (Fsp3) is 0.304. The van der Waals surface area contributed by atoms with Crippen LogP contribution in [0.15, 0.2) is 41.3 Å². The van der Waals surface area contributed by atoms with Crippen LogP contribution >= 0.6 is 24.0 Å². The second kappa shape index (κ2) is 10.00. The number of rotatable bonds is 8. The first-order chi connectivity index (χ1) is 14.4. The van der Waals surface area contributed by atoms with Gasteiger partial charge in [-0.3, -0.25) is 9.69 Å². The molecule has 3 rings (SSSR count). The van der Waals surface area contributed by atoms with Crippen LogP contribution in [0.2, 0.25) is 0 Å².